The number of hydrogen-bond acceptors (Lipinski definition) is 3. The summed E-state index contributed by atoms with van der Waals surface area (Å²) < 4.78 is 6.84. The van der Waals surface area contributed by atoms with Crippen LogP contribution in [0.5, 0.6) is 0 Å². The van der Waals surface area contributed by atoms with Crippen LogP contribution in [0.1, 0.15) is 0 Å². The number of rotatable bonds is 1. The van der Waals surface area contributed by atoms with E-state index < -0.39 is 0 Å². The highest BCUT2D eigenvalue weighted by Gasteiger charge is 1.98. The van der Waals surface area contributed by atoms with Gasteiger partial charge in [-0.2, -0.15) is 0 Å². The molecule has 0 spiro atoms. The van der Waals surface area contributed by atoms with E-state index in [1.807, 2.05) is 18.3 Å². The molecule has 0 unspecified atom stereocenters. The molecular weight excluding hydrogens is 130 g/mol. The minimum atomic E-state index is 0.329. The van der Waals surface area contributed by atoms with E-state index in [0.29, 0.717) is 11.6 Å². The van der Waals surface area contributed by atoms with Crippen molar-refractivity contribution in [2.75, 3.05) is 0 Å². The van der Waals surface area contributed by atoms with Crippen molar-refractivity contribution in [3.8, 4) is 0 Å². The second-order valence-electron chi connectivity index (χ2n) is 1.93. The van der Waals surface area contributed by atoms with Crippen molar-refractivity contribution in [3.63, 3.8) is 0 Å². The molecular formula is C6H5N3O. The lowest BCUT2D eigenvalue weighted by Gasteiger charge is -1.72. The third-order valence-electron chi connectivity index (χ3n) is 1.31. The van der Waals surface area contributed by atoms with E-state index in [0.717, 1.165) is 0 Å². The van der Waals surface area contributed by atoms with E-state index in [1.165, 1.54) is 0 Å². The van der Waals surface area contributed by atoms with Crippen LogP contribution in [0.3, 0.4) is 0 Å². The Morgan fingerprint density at radius 2 is 2.50 bits per heavy atom. The highest BCUT2D eigenvalue weighted by Crippen LogP contribution is 2.17. The lowest BCUT2D eigenvalue weighted by Crippen LogP contribution is -1.65. The molecule has 0 aliphatic heterocycles. The minimum Gasteiger partial charge on any atom is -0.419 e. The standard InChI is InChI=1S/C6H5N3O/c7-8-5-4-9-3-1-2-6(9)10-5/h1-4,7H. The van der Waals surface area contributed by atoms with Crippen molar-refractivity contribution in [3.05, 3.63) is 24.5 Å². The molecule has 0 saturated heterocycles. The predicted molar refractivity (Wildman–Crippen MR) is 34.5 cm³/mol. The Kier molecular flexibility index (Phi) is 0.887. The van der Waals surface area contributed by atoms with E-state index in [4.69, 9.17) is 9.95 Å². The van der Waals surface area contributed by atoms with Gasteiger partial charge < -0.3 is 4.42 Å². The summed E-state index contributed by atoms with van der Waals surface area (Å²) in [6, 6.07) is 3.68. The smallest absolute Gasteiger partial charge is 0.256 e. The molecule has 0 atom stereocenters. The molecule has 0 saturated carbocycles. The summed E-state index contributed by atoms with van der Waals surface area (Å²) in [5.41, 5.74) is 7.35. The third kappa shape index (κ3) is 0.556. The summed E-state index contributed by atoms with van der Waals surface area (Å²) in [4.78, 5) is 0. The molecule has 4 heteroatoms. The van der Waals surface area contributed by atoms with Gasteiger partial charge >= 0.3 is 0 Å². The molecule has 2 heterocycles. The largest absolute Gasteiger partial charge is 0.419 e. The minimum absolute atomic E-state index is 0.329. The Hall–Kier alpha value is -1.58. The number of hydrogen-bond donors (Lipinski definition) is 1. The summed E-state index contributed by atoms with van der Waals surface area (Å²) in [7, 11) is 0. The fourth-order valence-electron chi connectivity index (χ4n) is 0.875. The highest BCUT2D eigenvalue weighted by molar-refractivity contribution is 5.40. The van der Waals surface area contributed by atoms with Gasteiger partial charge in [-0.3, -0.25) is 4.40 Å². The molecule has 0 bridgehead atoms. The maximum atomic E-state index is 6.63. The Morgan fingerprint density at radius 1 is 1.60 bits per heavy atom. The van der Waals surface area contributed by atoms with Crippen LogP contribution >= 0.6 is 0 Å². The van der Waals surface area contributed by atoms with Gasteiger partial charge in [-0.05, 0) is 6.07 Å². The fraction of sp³-hybridized carbons (Fsp3) is 0. The van der Waals surface area contributed by atoms with Crippen LogP contribution in [-0.2, 0) is 0 Å². The topological polar surface area (TPSA) is 53.8 Å². The van der Waals surface area contributed by atoms with Gasteiger partial charge in [-0.1, -0.05) is 0 Å². The summed E-state index contributed by atoms with van der Waals surface area (Å²) in [5, 5.41) is 3.14. The van der Waals surface area contributed by atoms with Gasteiger partial charge in [0.15, 0.2) is 0 Å². The number of fused-ring (bicyclic) bond motifs is 1. The Labute approximate surface area is 56.6 Å². The highest BCUT2D eigenvalue weighted by atomic mass is 16.4. The zero-order valence-electron chi connectivity index (χ0n) is 5.11. The normalized spacial score (nSPS) is 10.4. The molecule has 2 rings (SSSR count). The molecule has 0 radical (unpaired) electrons. The van der Waals surface area contributed by atoms with Crippen LogP contribution in [0.2, 0.25) is 0 Å². The van der Waals surface area contributed by atoms with Crippen molar-refractivity contribution in [1.29, 1.82) is 5.53 Å². The molecule has 0 amide bonds. The maximum absolute atomic E-state index is 6.63. The average molecular weight is 135 g/mol. The molecule has 0 aromatic carbocycles. The Balaban J connectivity index is 2.78. The van der Waals surface area contributed by atoms with Crippen molar-refractivity contribution < 1.29 is 4.42 Å². The molecule has 1 N–H and O–H groups in total. The number of nitrogens with one attached hydrogen (secondary N) is 1. The zero-order valence-corrected chi connectivity index (χ0v) is 5.11. The number of nitrogens with zero attached hydrogens (tertiary/aromatic N) is 2. The van der Waals surface area contributed by atoms with Crippen LogP contribution in [0.25, 0.3) is 5.71 Å². The van der Waals surface area contributed by atoms with Crippen molar-refractivity contribution in [2.24, 2.45) is 5.11 Å². The summed E-state index contributed by atoms with van der Waals surface area (Å²) in [5.74, 6) is 0.329. The average Bonchev–Trinajstić information content (AvgIpc) is 2.42. The molecule has 10 heavy (non-hydrogen) atoms. The summed E-state index contributed by atoms with van der Waals surface area (Å²) in [6.07, 6.45) is 3.50. The first-order valence-corrected chi connectivity index (χ1v) is 2.84. The van der Waals surface area contributed by atoms with Gasteiger partial charge in [0.25, 0.3) is 5.88 Å². The van der Waals surface area contributed by atoms with E-state index >= 15 is 0 Å². The lowest BCUT2D eigenvalue weighted by molar-refractivity contribution is 0.608. The van der Waals surface area contributed by atoms with Crippen molar-refractivity contribution in [1.82, 2.24) is 4.40 Å². The van der Waals surface area contributed by atoms with Gasteiger partial charge in [0.1, 0.15) is 0 Å². The first-order chi connectivity index (χ1) is 4.90. The summed E-state index contributed by atoms with van der Waals surface area (Å²) >= 11 is 0. The second kappa shape index (κ2) is 1.70. The van der Waals surface area contributed by atoms with Crippen molar-refractivity contribution >= 4 is 11.6 Å². The second-order valence-corrected chi connectivity index (χ2v) is 1.93. The van der Waals surface area contributed by atoms with Crippen LogP contribution < -0.4 is 0 Å². The SMILES string of the molecule is N=Nc1cn2cccc2o1. The van der Waals surface area contributed by atoms with Gasteiger partial charge in [0.05, 0.1) is 6.20 Å². The molecule has 4 nitrogen and oxygen atoms in total. The molecule has 2 aromatic rings. The van der Waals surface area contributed by atoms with Crippen LogP contribution in [-0.4, -0.2) is 4.40 Å². The Morgan fingerprint density at radius 3 is 3.20 bits per heavy atom. The first kappa shape index (κ1) is 5.22. The fourth-order valence-corrected chi connectivity index (χ4v) is 0.875. The number of oxazole rings is 1. The lowest BCUT2D eigenvalue weighted by atomic mass is 10.7. The van der Waals surface area contributed by atoms with Crippen molar-refractivity contribution in [2.45, 2.75) is 0 Å². The van der Waals surface area contributed by atoms with Crippen LogP contribution in [0.4, 0.5) is 5.88 Å². The van der Waals surface area contributed by atoms with E-state index in [-0.39, 0.29) is 0 Å². The van der Waals surface area contributed by atoms with Gasteiger partial charge in [-0.25, -0.2) is 5.53 Å². The number of aromatic nitrogens is 1. The molecule has 0 fully saturated rings. The quantitative estimate of drug-likeness (QED) is 0.598. The monoisotopic (exact) mass is 135 g/mol. The third-order valence-corrected chi connectivity index (χ3v) is 1.31. The van der Waals surface area contributed by atoms with E-state index in [1.54, 1.807) is 10.6 Å². The van der Waals surface area contributed by atoms with E-state index in [2.05, 4.69) is 5.11 Å². The zero-order chi connectivity index (χ0) is 6.97. The van der Waals surface area contributed by atoms with E-state index in [9.17, 15) is 0 Å². The van der Waals surface area contributed by atoms with Gasteiger partial charge in [-0.15, -0.1) is 5.11 Å². The van der Waals surface area contributed by atoms with Gasteiger partial charge in [0.2, 0.25) is 5.71 Å². The van der Waals surface area contributed by atoms with Gasteiger partial charge in [0, 0.05) is 12.3 Å². The van der Waals surface area contributed by atoms with Crippen LogP contribution in [0, 0.1) is 5.53 Å². The first-order valence-electron chi connectivity index (χ1n) is 2.84. The Bertz CT molecular complexity index is 331. The molecule has 50 valence electrons. The molecule has 0 aliphatic rings. The summed E-state index contributed by atoms with van der Waals surface area (Å²) in [6.45, 7) is 0. The predicted octanol–water partition coefficient (Wildman–Crippen LogP) is 2.19. The molecule has 0 aliphatic carbocycles. The molecule has 2 aromatic heterocycles. The maximum Gasteiger partial charge on any atom is 0.256 e. The van der Waals surface area contributed by atoms with Crippen LogP contribution in [0.15, 0.2) is 34.1 Å².